The Labute approximate surface area is 189 Å². The number of halogens is 1. The molecule has 1 fully saturated rings. The van der Waals surface area contributed by atoms with E-state index in [9.17, 15) is 9.59 Å². The molecule has 0 unspecified atom stereocenters. The molecule has 2 aromatic carbocycles. The Hall–Kier alpha value is -2.53. The van der Waals surface area contributed by atoms with E-state index in [0.717, 1.165) is 42.4 Å². The number of rotatable bonds is 8. The second kappa shape index (κ2) is 11.2. The molecule has 0 aliphatic heterocycles. The molecule has 1 saturated carbocycles. The van der Waals surface area contributed by atoms with Crippen molar-refractivity contribution in [2.75, 3.05) is 13.0 Å². The van der Waals surface area contributed by atoms with Gasteiger partial charge >= 0.3 is 0 Å². The van der Waals surface area contributed by atoms with Crippen LogP contribution in [0.5, 0.6) is 5.75 Å². The molecule has 1 atom stereocenters. The maximum Gasteiger partial charge on any atom is 0.247 e. The molecule has 2 aromatic rings. The van der Waals surface area contributed by atoms with Crippen LogP contribution in [-0.4, -0.2) is 35.7 Å². The van der Waals surface area contributed by atoms with E-state index in [2.05, 4.69) is 5.32 Å². The number of nitrogens with zero attached hydrogens (tertiary/aromatic N) is 1. The number of nitrogens with one attached hydrogen (secondary N) is 1. The Balaban J connectivity index is 1.94. The van der Waals surface area contributed by atoms with Crippen LogP contribution in [0.3, 0.4) is 0 Å². The summed E-state index contributed by atoms with van der Waals surface area (Å²) in [4.78, 5) is 28.0. The summed E-state index contributed by atoms with van der Waals surface area (Å²) < 4.78 is 5.32. The number of alkyl halides is 1. The lowest BCUT2D eigenvalue weighted by molar-refractivity contribution is -0.140. The average molecular weight is 443 g/mol. The van der Waals surface area contributed by atoms with Crippen LogP contribution in [0.25, 0.3) is 0 Å². The van der Waals surface area contributed by atoms with Gasteiger partial charge in [-0.3, -0.25) is 9.59 Å². The smallest absolute Gasteiger partial charge is 0.247 e. The van der Waals surface area contributed by atoms with Crippen LogP contribution >= 0.6 is 11.6 Å². The van der Waals surface area contributed by atoms with Gasteiger partial charge in [-0.15, -0.1) is 11.6 Å². The summed E-state index contributed by atoms with van der Waals surface area (Å²) >= 11 is 5.98. The zero-order chi connectivity index (χ0) is 22.2. The standard InChI is InChI=1S/C25H31ClN2O3/c1-18-11-13-20(14-12-18)24(25(30)27-21-8-4-3-5-9-21)28(23(29)16-26)17-19-7-6-10-22(15-19)31-2/h6-7,10-15,21,24H,3-5,8-9,16-17H2,1-2H3,(H,27,30)/t24-/m1/s1. The van der Waals surface area contributed by atoms with Gasteiger partial charge in [-0.1, -0.05) is 61.2 Å². The zero-order valence-electron chi connectivity index (χ0n) is 18.3. The molecule has 3 rings (SSSR count). The SMILES string of the molecule is COc1cccc(CN(C(=O)CCl)[C@@H](C(=O)NC2CCCCC2)c2ccc(C)cc2)c1. The average Bonchev–Trinajstić information content (AvgIpc) is 2.80. The highest BCUT2D eigenvalue weighted by Gasteiger charge is 2.32. The zero-order valence-corrected chi connectivity index (χ0v) is 19.0. The summed E-state index contributed by atoms with van der Waals surface area (Å²) in [5.41, 5.74) is 2.75. The van der Waals surface area contributed by atoms with E-state index in [1.165, 1.54) is 6.42 Å². The van der Waals surface area contributed by atoms with Crippen molar-refractivity contribution in [1.82, 2.24) is 10.2 Å². The van der Waals surface area contributed by atoms with Gasteiger partial charge in [0.2, 0.25) is 11.8 Å². The number of ether oxygens (including phenoxy) is 1. The third-order valence-corrected chi connectivity index (χ3v) is 6.06. The number of hydrogen-bond donors (Lipinski definition) is 1. The van der Waals surface area contributed by atoms with E-state index < -0.39 is 6.04 Å². The molecule has 2 amide bonds. The number of amides is 2. The fraction of sp³-hybridized carbons (Fsp3) is 0.440. The van der Waals surface area contributed by atoms with Crippen molar-refractivity contribution >= 4 is 23.4 Å². The molecular formula is C25H31ClN2O3. The topological polar surface area (TPSA) is 58.6 Å². The quantitative estimate of drug-likeness (QED) is 0.599. The molecule has 0 aromatic heterocycles. The third-order valence-electron chi connectivity index (χ3n) is 5.83. The highest BCUT2D eigenvalue weighted by atomic mass is 35.5. The largest absolute Gasteiger partial charge is 0.497 e. The van der Waals surface area contributed by atoms with E-state index in [1.54, 1.807) is 12.0 Å². The predicted molar refractivity (Wildman–Crippen MR) is 123 cm³/mol. The van der Waals surface area contributed by atoms with E-state index in [0.29, 0.717) is 5.75 Å². The van der Waals surface area contributed by atoms with Gasteiger partial charge in [-0.25, -0.2) is 0 Å². The third kappa shape index (κ3) is 6.23. The highest BCUT2D eigenvalue weighted by molar-refractivity contribution is 6.27. The predicted octanol–water partition coefficient (Wildman–Crippen LogP) is 4.76. The van der Waals surface area contributed by atoms with Gasteiger partial charge in [-0.05, 0) is 43.0 Å². The van der Waals surface area contributed by atoms with Crippen molar-refractivity contribution in [2.45, 2.75) is 57.7 Å². The Bertz CT molecular complexity index is 879. The van der Waals surface area contributed by atoms with Gasteiger partial charge in [0, 0.05) is 12.6 Å². The molecule has 0 saturated heterocycles. The maximum absolute atomic E-state index is 13.5. The minimum atomic E-state index is -0.750. The van der Waals surface area contributed by atoms with Crippen LogP contribution in [0.15, 0.2) is 48.5 Å². The van der Waals surface area contributed by atoms with Crippen LogP contribution in [0, 0.1) is 6.92 Å². The molecule has 0 bridgehead atoms. The number of aryl methyl sites for hydroxylation is 1. The summed E-state index contributed by atoms with van der Waals surface area (Å²) in [5, 5.41) is 3.20. The fourth-order valence-corrected chi connectivity index (χ4v) is 4.27. The number of carbonyl (C=O) groups excluding carboxylic acids is 2. The lowest BCUT2D eigenvalue weighted by Gasteiger charge is -2.33. The molecule has 6 heteroatoms. The molecule has 31 heavy (non-hydrogen) atoms. The minimum Gasteiger partial charge on any atom is -0.497 e. The van der Waals surface area contributed by atoms with Gasteiger partial charge in [0.05, 0.1) is 7.11 Å². The van der Waals surface area contributed by atoms with Crippen molar-refractivity contribution in [3.8, 4) is 5.75 Å². The van der Waals surface area contributed by atoms with Gasteiger partial charge in [-0.2, -0.15) is 0 Å². The van der Waals surface area contributed by atoms with Crippen LogP contribution in [0.1, 0.15) is 54.8 Å². The lowest BCUT2D eigenvalue weighted by Crippen LogP contribution is -2.47. The van der Waals surface area contributed by atoms with Crippen LogP contribution < -0.4 is 10.1 Å². The molecule has 0 radical (unpaired) electrons. The summed E-state index contributed by atoms with van der Waals surface area (Å²) in [6.07, 6.45) is 5.40. The molecule has 0 heterocycles. The van der Waals surface area contributed by atoms with Crippen LogP contribution in [0.4, 0.5) is 0 Å². The molecule has 166 valence electrons. The van der Waals surface area contributed by atoms with Crippen molar-refractivity contribution in [2.24, 2.45) is 0 Å². The van der Waals surface area contributed by atoms with Crippen molar-refractivity contribution in [3.63, 3.8) is 0 Å². The molecule has 5 nitrogen and oxygen atoms in total. The normalized spacial score (nSPS) is 15.2. The monoisotopic (exact) mass is 442 g/mol. The number of hydrogen-bond acceptors (Lipinski definition) is 3. The van der Waals surface area contributed by atoms with Crippen molar-refractivity contribution < 1.29 is 14.3 Å². The molecular weight excluding hydrogens is 412 g/mol. The summed E-state index contributed by atoms with van der Waals surface area (Å²) in [6, 6.07) is 14.7. The summed E-state index contributed by atoms with van der Waals surface area (Å²) in [7, 11) is 1.60. The summed E-state index contributed by atoms with van der Waals surface area (Å²) in [6.45, 7) is 2.26. The van der Waals surface area contributed by atoms with Gasteiger partial charge in [0.25, 0.3) is 0 Å². The van der Waals surface area contributed by atoms with Gasteiger partial charge in [0.1, 0.15) is 17.7 Å². The second-order valence-corrected chi connectivity index (χ2v) is 8.43. The minimum absolute atomic E-state index is 0.152. The fourth-order valence-electron chi connectivity index (χ4n) is 4.12. The second-order valence-electron chi connectivity index (χ2n) is 8.16. The Morgan fingerprint density at radius 2 is 1.84 bits per heavy atom. The van der Waals surface area contributed by atoms with Crippen LogP contribution in [-0.2, 0) is 16.1 Å². The number of benzene rings is 2. The Kier molecular flexibility index (Phi) is 8.35. The first-order chi connectivity index (χ1) is 15.0. The van der Waals surface area contributed by atoms with Gasteiger partial charge < -0.3 is 15.0 Å². The molecule has 1 aliphatic carbocycles. The van der Waals surface area contributed by atoms with E-state index >= 15 is 0 Å². The first-order valence-electron chi connectivity index (χ1n) is 10.9. The molecule has 1 aliphatic rings. The van der Waals surface area contributed by atoms with Crippen molar-refractivity contribution in [3.05, 3.63) is 65.2 Å². The van der Waals surface area contributed by atoms with Gasteiger partial charge in [0.15, 0.2) is 0 Å². The molecule has 0 spiro atoms. The van der Waals surface area contributed by atoms with Crippen LogP contribution in [0.2, 0.25) is 0 Å². The number of methoxy groups -OCH3 is 1. The molecule has 1 N–H and O–H groups in total. The number of carbonyl (C=O) groups is 2. The highest BCUT2D eigenvalue weighted by Crippen LogP contribution is 2.27. The Morgan fingerprint density at radius 3 is 2.48 bits per heavy atom. The van der Waals surface area contributed by atoms with Crippen molar-refractivity contribution in [1.29, 1.82) is 0 Å². The van der Waals surface area contributed by atoms with E-state index in [1.807, 2.05) is 55.5 Å². The first kappa shape index (κ1) is 23.1. The first-order valence-corrected chi connectivity index (χ1v) is 11.4. The summed E-state index contributed by atoms with van der Waals surface area (Å²) in [5.74, 6) is 0.0727. The maximum atomic E-state index is 13.5. The lowest BCUT2D eigenvalue weighted by atomic mass is 9.94. The van der Waals surface area contributed by atoms with E-state index in [-0.39, 0.29) is 30.3 Å². The Morgan fingerprint density at radius 1 is 1.13 bits per heavy atom. The van der Waals surface area contributed by atoms with E-state index in [4.69, 9.17) is 16.3 Å².